The zero-order valence-corrected chi connectivity index (χ0v) is 13.3. The van der Waals surface area contributed by atoms with Gasteiger partial charge in [-0.05, 0) is 45.7 Å². The van der Waals surface area contributed by atoms with Crippen LogP contribution in [0.15, 0.2) is 30.3 Å². The van der Waals surface area contributed by atoms with E-state index >= 15 is 0 Å². The Morgan fingerprint density at radius 2 is 1.73 bits per heavy atom. The van der Waals surface area contributed by atoms with Gasteiger partial charge in [0.1, 0.15) is 5.60 Å². The summed E-state index contributed by atoms with van der Waals surface area (Å²) in [6.07, 6.45) is 1.32. The minimum atomic E-state index is -0.649. The summed E-state index contributed by atoms with van der Waals surface area (Å²) < 4.78 is 5.24. The van der Waals surface area contributed by atoms with Crippen molar-refractivity contribution in [2.75, 3.05) is 18.1 Å². The highest BCUT2D eigenvalue weighted by Crippen LogP contribution is 2.17. The molecule has 22 heavy (non-hydrogen) atoms. The number of amides is 3. The summed E-state index contributed by atoms with van der Waals surface area (Å²) in [4.78, 5) is 26.4. The Morgan fingerprint density at radius 3 is 2.27 bits per heavy atom. The van der Waals surface area contributed by atoms with E-state index in [0.29, 0.717) is 18.8 Å². The molecule has 1 heterocycles. The molecule has 1 aliphatic heterocycles. The third kappa shape index (κ3) is 4.38. The van der Waals surface area contributed by atoms with Gasteiger partial charge >= 0.3 is 12.1 Å². The van der Waals surface area contributed by atoms with Crippen LogP contribution in [0.5, 0.6) is 0 Å². The van der Waals surface area contributed by atoms with E-state index in [1.54, 1.807) is 37.8 Å². The molecule has 0 aliphatic carbocycles. The Bertz CT molecular complexity index is 519. The van der Waals surface area contributed by atoms with Crippen molar-refractivity contribution >= 4 is 17.8 Å². The lowest BCUT2D eigenvalue weighted by Crippen LogP contribution is -2.53. The smallest absolute Gasteiger partial charge is 0.427 e. The number of urea groups is 1. The van der Waals surface area contributed by atoms with Crippen molar-refractivity contribution in [1.82, 2.24) is 10.3 Å². The third-order valence-electron chi connectivity index (χ3n) is 3.18. The first-order chi connectivity index (χ1) is 10.4. The highest BCUT2D eigenvalue weighted by atomic mass is 16.6. The van der Waals surface area contributed by atoms with E-state index in [4.69, 9.17) is 4.74 Å². The van der Waals surface area contributed by atoms with Gasteiger partial charge in [0.15, 0.2) is 0 Å². The largest absolute Gasteiger partial charge is 0.443 e. The number of likely N-dealkylation sites (tertiary alicyclic amines) is 1. The van der Waals surface area contributed by atoms with Crippen molar-refractivity contribution < 1.29 is 14.3 Å². The third-order valence-corrected chi connectivity index (χ3v) is 3.18. The fourth-order valence-electron chi connectivity index (χ4n) is 2.24. The Kier molecular flexibility index (Phi) is 4.90. The highest BCUT2D eigenvalue weighted by molar-refractivity contribution is 5.94. The predicted octanol–water partition coefficient (Wildman–Crippen LogP) is 3.15. The van der Waals surface area contributed by atoms with E-state index in [2.05, 4.69) is 5.43 Å². The maximum absolute atomic E-state index is 12.6. The Hall–Kier alpha value is -2.24. The standard InChI is InChI=1S/C16H23N3O3/c1-16(2,3)22-14(20)17-19(13-9-5-4-6-10-13)15(21)18-11-7-8-12-18/h4-6,9-10H,7-8,11-12H2,1-3H3,(H,17,20). The maximum atomic E-state index is 12.6. The van der Waals surface area contributed by atoms with E-state index in [0.717, 1.165) is 12.8 Å². The molecule has 0 radical (unpaired) electrons. The molecule has 2 rings (SSSR count). The molecule has 0 atom stereocenters. The Balaban J connectivity index is 2.15. The van der Waals surface area contributed by atoms with Gasteiger partial charge in [0.05, 0.1) is 5.69 Å². The van der Waals surface area contributed by atoms with E-state index in [1.165, 1.54) is 5.01 Å². The number of carbonyl (C=O) groups is 2. The van der Waals surface area contributed by atoms with Crippen molar-refractivity contribution in [3.63, 3.8) is 0 Å². The van der Waals surface area contributed by atoms with E-state index < -0.39 is 11.7 Å². The summed E-state index contributed by atoms with van der Waals surface area (Å²) >= 11 is 0. The number of benzene rings is 1. The summed E-state index contributed by atoms with van der Waals surface area (Å²) in [6.45, 7) is 6.75. The summed E-state index contributed by atoms with van der Waals surface area (Å²) in [5, 5.41) is 1.25. The lowest BCUT2D eigenvalue weighted by atomic mass is 10.2. The van der Waals surface area contributed by atoms with E-state index in [1.807, 2.05) is 18.2 Å². The number of nitrogens with zero attached hydrogens (tertiary/aromatic N) is 2. The van der Waals surface area contributed by atoms with Crippen LogP contribution >= 0.6 is 0 Å². The SMILES string of the molecule is CC(C)(C)OC(=O)NN(C(=O)N1CCCC1)c1ccccc1. The summed E-state index contributed by atoms with van der Waals surface area (Å²) in [5.41, 5.74) is 2.53. The number of hydrazine groups is 1. The van der Waals surface area contributed by atoms with Crippen molar-refractivity contribution in [2.45, 2.75) is 39.2 Å². The van der Waals surface area contributed by atoms with Crippen molar-refractivity contribution in [1.29, 1.82) is 0 Å². The van der Waals surface area contributed by atoms with Gasteiger partial charge < -0.3 is 9.64 Å². The molecule has 120 valence electrons. The first kappa shape index (κ1) is 16.1. The molecule has 0 aromatic heterocycles. The second kappa shape index (κ2) is 6.68. The molecule has 6 nitrogen and oxygen atoms in total. The first-order valence-electron chi connectivity index (χ1n) is 7.50. The zero-order valence-electron chi connectivity index (χ0n) is 13.3. The topological polar surface area (TPSA) is 61.9 Å². The molecule has 1 fully saturated rings. The molecule has 6 heteroatoms. The molecule has 1 saturated heterocycles. The molecule has 1 aromatic carbocycles. The fourth-order valence-corrected chi connectivity index (χ4v) is 2.24. The minimum Gasteiger partial charge on any atom is -0.443 e. The Labute approximate surface area is 131 Å². The van der Waals surface area contributed by atoms with Gasteiger partial charge in [-0.3, -0.25) is 0 Å². The molecule has 0 bridgehead atoms. The maximum Gasteiger partial charge on any atom is 0.427 e. The Morgan fingerprint density at radius 1 is 1.14 bits per heavy atom. The van der Waals surface area contributed by atoms with Crippen LogP contribution in [0.25, 0.3) is 0 Å². The van der Waals surface area contributed by atoms with Gasteiger partial charge in [-0.25, -0.2) is 20.0 Å². The number of nitrogens with one attached hydrogen (secondary N) is 1. The summed E-state index contributed by atoms with van der Waals surface area (Å²) in [6, 6.07) is 8.79. The monoisotopic (exact) mass is 305 g/mol. The molecular formula is C16H23N3O3. The normalized spacial score (nSPS) is 14.6. The molecule has 0 unspecified atom stereocenters. The van der Waals surface area contributed by atoms with Crippen molar-refractivity contribution in [2.24, 2.45) is 0 Å². The molecule has 0 spiro atoms. The predicted molar refractivity (Wildman–Crippen MR) is 84.5 cm³/mol. The van der Waals surface area contributed by atoms with Gasteiger partial charge in [-0.15, -0.1) is 0 Å². The van der Waals surface area contributed by atoms with Crippen molar-refractivity contribution in [3.05, 3.63) is 30.3 Å². The lowest BCUT2D eigenvalue weighted by molar-refractivity contribution is 0.0521. The average molecular weight is 305 g/mol. The van der Waals surface area contributed by atoms with Gasteiger partial charge in [0.25, 0.3) is 0 Å². The molecule has 1 aromatic rings. The van der Waals surface area contributed by atoms with E-state index in [9.17, 15) is 9.59 Å². The van der Waals surface area contributed by atoms with Crippen molar-refractivity contribution in [3.8, 4) is 0 Å². The number of para-hydroxylation sites is 1. The average Bonchev–Trinajstić information content (AvgIpc) is 2.97. The van der Waals surface area contributed by atoms with Gasteiger partial charge in [-0.1, -0.05) is 18.2 Å². The van der Waals surface area contributed by atoms with Crippen LogP contribution in [0, 0.1) is 0 Å². The zero-order chi connectivity index (χ0) is 16.2. The van der Waals surface area contributed by atoms with Gasteiger partial charge in [-0.2, -0.15) is 0 Å². The molecule has 3 amide bonds. The quantitative estimate of drug-likeness (QED) is 0.811. The van der Waals surface area contributed by atoms with Crippen LogP contribution in [0.2, 0.25) is 0 Å². The summed E-state index contributed by atoms with van der Waals surface area (Å²) in [7, 11) is 0. The van der Waals surface area contributed by atoms with Gasteiger partial charge in [0, 0.05) is 13.1 Å². The fraction of sp³-hybridized carbons (Fsp3) is 0.500. The minimum absolute atomic E-state index is 0.241. The number of anilines is 1. The van der Waals surface area contributed by atoms with E-state index in [-0.39, 0.29) is 6.03 Å². The number of rotatable bonds is 1. The van der Waals surface area contributed by atoms with Gasteiger partial charge in [0.2, 0.25) is 0 Å². The second-order valence-corrected chi connectivity index (χ2v) is 6.26. The molecule has 1 aliphatic rings. The number of hydrogen-bond donors (Lipinski definition) is 1. The number of hydrogen-bond acceptors (Lipinski definition) is 3. The lowest BCUT2D eigenvalue weighted by Gasteiger charge is -2.29. The molecular weight excluding hydrogens is 282 g/mol. The van der Waals surface area contributed by atoms with Crippen LogP contribution in [-0.2, 0) is 4.74 Å². The first-order valence-corrected chi connectivity index (χ1v) is 7.50. The second-order valence-electron chi connectivity index (χ2n) is 6.26. The highest BCUT2D eigenvalue weighted by Gasteiger charge is 2.27. The molecule has 0 saturated carbocycles. The van der Waals surface area contributed by atoms with Crippen LogP contribution in [-0.4, -0.2) is 35.7 Å². The molecule has 1 N–H and O–H groups in total. The number of ether oxygens (including phenoxy) is 1. The van der Waals surface area contributed by atoms with Crippen LogP contribution in [0.4, 0.5) is 15.3 Å². The van der Waals surface area contributed by atoms with Crippen LogP contribution in [0.3, 0.4) is 0 Å². The van der Waals surface area contributed by atoms with Crippen LogP contribution in [0.1, 0.15) is 33.6 Å². The van der Waals surface area contributed by atoms with Crippen LogP contribution < -0.4 is 10.4 Å². The summed E-state index contributed by atoms with van der Waals surface area (Å²) in [5.74, 6) is 0. The number of carbonyl (C=O) groups excluding carboxylic acids is 2.